The minimum absolute atomic E-state index is 0.183. The second-order valence-corrected chi connectivity index (χ2v) is 7.52. The van der Waals surface area contributed by atoms with Gasteiger partial charge in [0.1, 0.15) is 13.2 Å². The van der Waals surface area contributed by atoms with Gasteiger partial charge in [0.25, 0.3) is 10.0 Å². The Hall–Kier alpha value is -2.21. The van der Waals surface area contributed by atoms with Crippen molar-refractivity contribution in [3.63, 3.8) is 0 Å². The van der Waals surface area contributed by atoms with E-state index in [9.17, 15) is 8.42 Å². The van der Waals surface area contributed by atoms with E-state index < -0.39 is 10.0 Å². The summed E-state index contributed by atoms with van der Waals surface area (Å²) in [4.78, 5) is 0.183. The molecule has 0 aliphatic carbocycles. The zero-order valence-electron chi connectivity index (χ0n) is 13.4. The molecule has 0 fully saturated rings. The van der Waals surface area contributed by atoms with E-state index >= 15 is 0 Å². The van der Waals surface area contributed by atoms with Crippen LogP contribution in [0.25, 0.3) is 0 Å². The molecule has 2 aromatic carbocycles. The van der Waals surface area contributed by atoms with E-state index in [0.29, 0.717) is 30.4 Å². The first kappa shape index (κ1) is 15.7. The van der Waals surface area contributed by atoms with Gasteiger partial charge in [0.05, 0.1) is 10.6 Å². The molecule has 122 valence electrons. The number of nitrogens with zero attached hydrogens (tertiary/aromatic N) is 1. The van der Waals surface area contributed by atoms with Crippen molar-refractivity contribution in [3.05, 3.63) is 47.5 Å². The molecule has 1 aliphatic heterocycles. The lowest BCUT2D eigenvalue weighted by molar-refractivity contribution is 0.171. The first-order valence-corrected chi connectivity index (χ1v) is 8.79. The van der Waals surface area contributed by atoms with Gasteiger partial charge >= 0.3 is 0 Å². The van der Waals surface area contributed by atoms with E-state index in [1.807, 2.05) is 26.0 Å². The number of rotatable bonds is 3. The van der Waals surface area contributed by atoms with Gasteiger partial charge in [0, 0.05) is 13.1 Å². The standard InChI is InChI=1S/C17H19NO4S/c1-12-4-5-14(10-13(12)2)18(3)23(19,20)15-6-7-16-17(11-15)22-9-8-21-16/h4-7,10-11H,8-9H2,1-3H3. The van der Waals surface area contributed by atoms with Gasteiger partial charge in [-0.3, -0.25) is 4.31 Å². The van der Waals surface area contributed by atoms with Crippen LogP contribution in [-0.2, 0) is 10.0 Å². The topological polar surface area (TPSA) is 55.8 Å². The van der Waals surface area contributed by atoms with Gasteiger partial charge < -0.3 is 9.47 Å². The zero-order valence-corrected chi connectivity index (χ0v) is 14.2. The molecule has 1 heterocycles. The van der Waals surface area contributed by atoms with Crippen molar-refractivity contribution in [2.75, 3.05) is 24.6 Å². The minimum Gasteiger partial charge on any atom is -0.486 e. The van der Waals surface area contributed by atoms with Crippen LogP contribution in [0.15, 0.2) is 41.3 Å². The Kier molecular flexibility index (Phi) is 3.93. The average Bonchev–Trinajstić information content (AvgIpc) is 2.56. The van der Waals surface area contributed by atoms with Gasteiger partial charge in [-0.25, -0.2) is 8.42 Å². The van der Waals surface area contributed by atoms with Crippen LogP contribution in [-0.4, -0.2) is 28.7 Å². The van der Waals surface area contributed by atoms with Crippen molar-refractivity contribution in [2.45, 2.75) is 18.7 Å². The predicted molar refractivity (Wildman–Crippen MR) is 88.9 cm³/mol. The Morgan fingerprint density at radius 3 is 2.30 bits per heavy atom. The van der Waals surface area contributed by atoms with Crippen LogP contribution in [0.4, 0.5) is 5.69 Å². The Balaban J connectivity index is 1.98. The number of hydrogen-bond donors (Lipinski definition) is 0. The van der Waals surface area contributed by atoms with Crippen LogP contribution >= 0.6 is 0 Å². The molecular weight excluding hydrogens is 314 g/mol. The van der Waals surface area contributed by atoms with Gasteiger partial charge in [0.2, 0.25) is 0 Å². The lowest BCUT2D eigenvalue weighted by atomic mass is 10.1. The highest BCUT2D eigenvalue weighted by atomic mass is 32.2. The molecule has 3 rings (SSSR count). The monoisotopic (exact) mass is 333 g/mol. The van der Waals surface area contributed by atoms with Gasteiger partial charge in [0.15, 0.2) is 11.5 Å². The second-order valence-electron chi connectivity index (χ2n) is 5.55. The smallest absolute Gasteiger partial charge is 0.264 e. The Bertz CT molecular complexity index is 846. The molecule has 1 aliphatic rings. The van der Waals surface area contributed by atoms with E-state index in [-0.39, 0.29) is 4.90 Å². The maximum Gasteiger partial charge on any atom is 0.264 e. The van der Waals surface area contributed by atoms with Gasteiger partial charge in [-0.2, -0.15) is 0 Å². The van der Waals surface area contributed by atoms with Crippen molar-refractivity contribution < 1.29 is 17.9 Å². The highest BCUT2D eigenvalue weighted by Gasteiger charge is 2.24. The number of fused-ring (bicyclic) bond motifs is 1. The van der Waals surface area contributed by atoms with Gasteiger partial charge in [-0.15, -0.1) is 0 Å². The molecule has 0 spiro atoms. The van der Waals surface area contributed by atoms with Crippen LogP contribution in [0, 0.1) is 13.8 Å². The number of ether oxygens (including phenoxy) is 2. The molecule has 0 amide bonds. The van der Waals surface area contributed by atoms with E-state index in [2.05, 4.69) is 0 Å². The predicted octanol–water partition coefficient (Wildman–Crippen LogP) is 2.90. The van der Waals surface area contributed by atoms with E-state index in [1.54, 1.807) is 25.2 Å². The fourth-order valence-electron chi connectivity index (χ4n) is 2.40. The molecule has 0 aromatic heterocycles. The van der Waals surface area contributed by atoms with Crippen molar-refractivity contribution in [1.82, 2.24) is 0 Å². The number of aryl methyl sites for hydroxylation is 2. The fraction of sp³-hybridized carbons (Fsp3) is 0.294. The molecule has 0 bridgehead atoms. The molecule has 2 aromatic rings. The summed E-state index contributed by atoms with van der Waals surface area (Å²) in [6, 6.07) is 10.3. The summed E-state index contributed by atoms with van der Waals surface area (Å²) in [5.74, 6) is 1.04. The SMILES string of the molecule is Cc1ccc(N(C)S(=O)(=O)c2ccc3c(c2)OCCO3)cc1C. The highest BCUT2D eigenvalue weighted by Crippen LogP contribution is 2.34. The first-order chi connectivity index (χ1) is 10.9. The molecule has 0 radical (unpaired) electrons. The number of hydrogen-bond acceptors (Lipinski definition) is 4. The van der Waals surface area contributed by atoms with Gasteiger partial charge in [-0.1, -0.05) is 6.07 Å². The zero-order chi connectivity index (χ0) is 16.6. The maximum absolute atomic E-state index is 12.8. The van der Waals surface area contributed by atoms with Crippen LogP contribution < -0.4 is 13.8 Å². The summed E-state index contributed by atoms with van der Waals surface area (Å²) >= 11 is 0. The third-order valence-electron chi connectivity index (χ3n) is 4.03. The summed E-state index contributed by atoms with van der Waals surface area (Å²) < 4.78 is 37.9. The largest absolute Gasteiger partial charge is 0.486 e. The van der Waals surface area contributed by atoms with Crippen molar-refractivity contribution >= 4 is 15.7 Å². The van der Waals surface area contributed by atoms with Crippen molar-refractivity contribution in [3.8, 4) is 11.5 Å². The molecule has 0 saturated heterocycles. The van der Waals surface area contributed by atoms with Gasteiger partial charge in [-0.05, 0) is 49.2 Å². The lowest BCUT2D eigenvalue weighted by Crippen LogP contribution is -2.27. The molecular formula is C17H19NO4S. The normalized spacial score (nSPS) is 13.7. The Morgan fingerprint density at radius 1 is 0.913 bits per heavy atom. The fourth-order valence-corrected chi connectivity index (χ4v) is 3.61. The molecule has 0 saturated carbocycles. The second kappa shape index (κ2) is 5.77. The van der Waals surface area contributed by atoms with Crippen LogP contribution in [0.5, 0.6) is 11.5 Å². The van der Waals surface area contributed by atoms with E-state index in [1.165, 1.54) is 10.4 Å². The maximum atomic E-state index is 12.8. The molecule has 5 nitrogen and oxygen atoms in total. The third kappa shape index (κ3) is 2.86. The summed E-state index contributed by atoms with van der Waals surface area (Å²) in [5, 5.41) is 0. The summed E-state index contributed by atoms with van der Waals surface area (Å²) in [6.07, 6.45) is 0. The molecule has 23 heavy (non-hydrogen) atoms. The highest BCUT2D eigenvalue weighted by molar-refractivity contribution is 7.92. The van der Waals surface area contributed by atoms with E-state index in [0.717, 1.165) is 11.1 Å². The lowest BCUT2D eigenvalue weighted by Gasteiger charge is -2.22. The summed E-state index contributed by atoms with van der Waals surface area (Å²) in [7, 11) is -2.11. The third-order valence-corrected chi connectivity index (χ3v) is 5.81. The van der Waals surface area contributed by atoms with Crippen molar-refractivity contribution in [2.24, 2.45) is 0 Å². The Labute approximate surface area is 136 Å². The van der Waals surface area contributed by atoms with Crippen LogP contribution in [0.1, 0.15) is 11.1 Å². The average molecular weight is 333 g/mol. The van der Waals surface area contributed by atoms with Crippen LogP contribution in [0.3, 0.4) is 0 Å². The first-order valence-electron chi connectivity index (χ1n) is 7.35. The molecule has 0 N–H and O–H groups in total. The minimum atomic E-state index is -3.66. The summed E-state index contributed by atoms with van der Waals surface area (Å²) in [6.45, 7) is 4.85. The Morgan fingerprint density at radius 2 is 1.61 bits per heavy atom. The number of sulfonamides is 1. The molecule has 6 heteroatoms. The summed E-state index contributed by atoms with van der Waals surface area (Å²) in [5.41, 5.74) is 2.80. The van der Waals surface area contributed by atoms with E-state index in [4.69, 9.17) is 9.47 Å². The number of benzene rings is 2. The quantitative estimate of drug-likeness (QED) is 0.867. The number of anilines is 1. The van der Waals surface area contributed by atoms with Crippen LogP contribution in [0.2, 0.25) is 0 Å². The molecule has 0 atom stereocenters. The molecule has 0 unspecified atom stereocenters. The van der Waals surface area contributed by atoms with Crippen molar-refractivity contribution in [1.29, 1.82) is 0 Å².